The summed E-state index contributed by atoms with van der Waals surface area (Å²) >= 11 is 12.6. The van der Waals surface area contributed by atoms with Crippen molar-refractivity contribution in [3.63, 3.8) is 0 Å². The molecule has 7 heteroatoms. The molecule has 0 aliphatic rings. The third kappa shape index (κ3) is 3.11. The van der Waals surface area contributed by atoms with Crippen LogP contribution in [0.5, 0.6) is 5.75 Å². The normalized spacial score (nSPS) is 14.6. The van der Waals surface area contributed by atoms with E-state index in [9.17, 15) is 5.11 Å². The molecule has 2 rings (SSSR count). The molecule has 0 amide bonds. The van der Waals surface area contributed by atoms with E-state index >= 15 is 0 Å². The van der Waals surface area contributed by atoms with Crippen molar-refractivity contribution in [2.75, 3.05) is 14.2 Å². The maximum atomic E-state index is 11.7. The highest BCUT2D eigenvalue weighted by molar-refractivity contribution is 6.42. The number of ether oxygens (including phenoxy) is 1. The zero-order chi connectivity index (χ0) is 17.7. The summed E-state index contributed by atoms with van der Waals surface area (Å²) in [5.41, 5.74) is 5.13. The van der Waals surface area contributed by atoms with Gasteiger partial charge in [-0.3, -0.25) is 9.98 Å². The van der Waals surface area contributed by atoms with Crippen LogP contribution in [0.25, 0.3) is 0 Å². The lowest BCUT2D eigenvalue weighted by atomic mass is 9.80. The van der Waals surface area contributed by atoms with Crippen LogP contribution in [-0.4, -0.2) is 30.5 Å². The van der Waals surface area contributed by atoms with E-state index in [-0.39, 0.29) is 15.6 Å². The van der Waals surface area contributed by atoms with E-state index in [2.05, 4.69) is 9.98 Å². The van der Waals surface area contributed by atoms with Crippen LogP contribution in [0.4, 0.5) is 0 Å². The van der Waals surface area contributed by atoms with Crippen LogP contribution in [-0.2, 0) is 5.60 Å². The molecule has 1 atom stereocenters. The molecule has 3 N–H and O–H groups in total. The average molecular weight is 366 g/mol. The topological polar surface area (TPSA) is 80.7 Å². The van der Waals surface area contributed by atoms with Gasteiger partial charge in [-0.25, -0.2) is 0 Å². The van der Waals surface area contributed by atoms with Crippen LogP contribution in [0.2, 0.25) is 10.0 Å². The Morgan fingerprint density at radius 3 is 2.50 bits per heavy atom. The number of hydrogen-bond acceptors (Lipinski definition) is 5. The van der Waals surface area contributed by atoms with Gasteiger partial charge in [-0.2, -0.15) is 0 Å². The number of methoxy groups -OCH3 is 1. The summed E-state index contributed by atoms with van der Waals surface area (Å²) in [4.78, 5) is 7.95. The minimum Gasteiger partial charge on any atom is -0.496 e. The quantitative estimate of drug-likeness (QED) is 0.797. The Hall–Kier alpha value is -2.08. The number of pyridine rings is 1. The molecule has 0 bridgehead atoms. The number of rotatable bonds is 5. The lowest BCUT2D eigenvalue weighted by Crippen LogP contribution is -2.32. The van der Waals surface area contributed by atoms with Crippen LogP contribution in [0.3, 0.4) is 0 Å². The fourth-order valence-electron chi connectivity index (χ4n) is 2.48. The summed E-state index contributed by atoms with van der Waals surface area (Å²) in [7, 11) is 3.06. The largest absolute Gasteiger partial charge is 0.496 e. The van der Waals surface area contributed by atoms with E-state index in [1.807, 2.05) is 0 Å². The molecule has 24 heavy (non-hydrogen) atoms. The van der Waals surface area contributed by atoms with E-state index in [0.717, 1.165) is 0 Å². The zero-order valence-electron chi connectivity index (χ0n) is 13.2. The Balaban J connectivity index is 2.90. The number of nitrogens with two attached hydrogens (primary N) is 1. The molecule has 0 radical (unpaired) electrons. The molecule has 1 aromatic heterocycles. The first-order valence-corrected chi connectivity index (χ1v) is 7.76. The maximum Gasteiger partial charge on any atom is 0.148 e. The van der Waals surface area contributed by atoms with Gasteiger partial charge in [-0.1, -0.05) is 23.2 Å². The fourth-order valence-corrected chi connectivity index (χ4v) is 2.94. The summed E-state index contributed by atoms with van der Waals surface area (Å²) in [5, 5.41) is 12.1. The van der Waals surface area contributed by atoms with Crippen molar-refractivity contribution in [2.24, 2.45) is 10.7 Å². The van der Waals surface area contributed by atoms with Gasteiger partial charge in [-0.05, 0) is 29.8 Å². The van der Waals surface area contributed by atoms with Gasteiger partial charge in [0.15, 0.2) is 0 Å². The van der Waals surface area contributed by atoms with E-state index in [1.165, 1.54) is 19.5 Å². The van der Waals surface area contributed by atoms with Gasteiger partial charge in [0.1, 0.15) is 11.4 Å². The Kier molecular flexibility index (Phi) is 5.83. The second-order valence-corrected chi connectivity index (χ2v) is 5.68. The number of nitrogens with zero attached hydrogens (tertiary/aromatic N) is 2. The van der Waals surface area contributed by atoms with Crippen molar-refractivity contribution < 1.29 is 9.84 Å². The first-order chi connectivity index (χ1) is 11.5. The summed E-state index contributed by atoms with van der Waals surface area (Å²) < 4.78 is 5.39. The summed E-state index contributed by atoms with van der Waals surface area (Å²) in [6, 6.07) is 6.54. The van der Waals surface area contributed by atoms with E-state index in [1.54, 1.807) is 43.7 Å². The van der Waals surface area contributed by atoms with E-state index < -0.39 is 5.60 Å². The van der Waals surface area contributed by atoms with Crippen LogP contribution >= 0.6 is 23.2 Å². The Labute approximate surface area is 150 Å². The molecular weight excluding hydrogens is 349 g/mol. The van der Waals surface area contributed by atoms with Crippen LogP contribution in [0.15, 0.2) is 53.4 Å². The van der Waals surface area contributed by atoms with Gasteiger partial charge < -0.3 is 15.6 Å². The number of aliphatic imine (C=N–C) groups is 1. The predicted molar refractivity (Wildman–Crippen MR) is 96.9 cm³/mol. The van der Waals surface area contributed by atoms with E-state index in [4.69, 9.17) is 33.7 Å². The van der Waals surface area contributed by atoms with Gasteiger partial charge in [0, 0.05) is 37.4 Å². The standard InChI is InChI=1S/C17H17Cl2N3O2/c1-21-10-12(9-20)17(23,11-5-7-22-8-6-11)15-14(24-2)4-3-13(18)16(15)19/h3-10,23H,20H2,1-2H3. The van der Waals surface area contributed by atoms with Gasteiger partial charge in [0.05, 0.1) is 22.7 Å². The van der Waals surface area contributed by atoms with Gasteiger partial charge in [0.2, 0.25) is 0 Å². The van der Waals surface area contributed by atoms with Crippen LogP contribution in [0.1, 0.15) is 11.1 Å². The summed E-state index contributed by atoms with van der Waals surface area (Å²) in [6.07, 6.45) is 5.84. The SMILES string of the molecule is CN=CC(=CN)C(O)(c1ccncc1)c1c(OC)ccc(Cl)c1Cl. The molecule has 0 aliphatic carbocycles. The van der Waals surface area contributed by atoms with Crippen molar-refractivity contribution in [1.29, 1.82) is 0 Å². The molecule has 0 saturated carbocycles. The van der Waals surface area contributed by atoms with Crippen molar-refractivity contribution in [2.45, 2.75) is 5.60 Å². The number of aliphatic hydroxyl groups is 1. The second kappa shape index (κ2) is 7.66. The smallest absolute Gasteiger partial charge is 0.148 e. The fraction of sp³-hybridized carbons (Fsp3) is 0.176. The first kappa shape index (κ1) is 18.3. The molecule has 5 nitrogen and oxygen atoms in total. The van der Waals surface area contributed by atoms with Crippen molar-refractivity contribution in [3.05, 3.63) is 69.6 Å². The van der Waals surface area contributed by atoms with Gasteiger partial charge in [-0.15, -0.1) is 0 Å². The highest BCUT2D eigenvalue weighted by atomic mass is 35.5. The maximum absolute atomic E-state index is 11.7. The number of aromatic nitrogens is 1. The molecular formula is C17H17Cl2N3O2. The second-order valence-electron chi connectivity index (χ2n) is 4.89. The molecule has 0 saturated heterocycles. The van der Waals surface area contributed by atoms with Gasteiger partial charge >= 0.3 is 0 Å². The van der Waals surface area contributed by atoms with Crippen molar-refractivity contribution in [3.8, 4) is 5.75 Å². The van der Waals surface area contributed by atoms with E-state index in [0.29, 0.717) is 16.9 Å². The lowest BCUT2D eigenvalue weighted by molar-refractivity contribution is 0.124. The average Bonchev–Trinajstić information content (AvgIpc) is 2.62. The molecule has 1 unspecified atom stereocenters. The molecule has 1 aromatic carbocycles. The minimum atomic E-state index is -1.72. The summed E-state index contributed by atoms with van der Waals surface area (Å²) in [5.74, 6) is 0.368. The van der Waals surface area contributed by atoms with Gasteiger partial charge in [0.25, 0.3) is 0 Å². The Morgan fingerprint density at radius 2 is 1.96 bits per heavy atom. The molecule has 0 fully saturated rings. The third-order valence-corrected chi connectivity index (χ3v) is 4.41. The lowest BCUT2D eigenvalue weighted by Gasteiger charge is -2.32. The minimum absolute atomic E-state index is 0.166. The molecule has 126 valence electrons. The monoisotopic (exact) mass is 365 g/mol. The number of halogens is 2. The highest BCUT2D eigenvalue weighted by Gasteiger charge is 2.40. The molecule has 0 spiro atoms. The number of benzene rings is 1. The number of hydrogen-bond donors (Lipinski definition) is 2. The Bertz CT molecular complexity index is 779. The van der Waals surface area contributed by atoms with Crippen molar-refractivity contribution in [1.82, 2.24) is 4.98 Å². The first-order valence-electron chi connectivity index (χ1n) is 7.00. The van der Waals surface area contributed by atoms with Crippen molar-refractivity contribution >= 4 is 29.4 Å². The molecule has 2 aromatic rings. The molecule has 1 heterocycles. The third-order valence-electron chi connectivity index (χ3n) is 3.60. The molecule has 0 aliphatic heterocycles. The Morgan fingerprint density at radius 1 is 1.29 bits per heavy atom. The summed E-state index contributed by atoms with van der Waals surface area (Å²) in [6.45, 7) is 0. The zero-order valence-corrected chi connectivity index (χ0v) is 14.7. The predicted octanol–water partition coefficient (Wildman–Crippen LogP) is 3.18. The van der Waals surface area contributed by atoms with Crippen LogP contribution < -0.4 is 10.5 Å². The highest BCUT2D eigenvalue weighted by Crippen LogP contribution is 2.46. The van der Waals surface area contributed by atoms with Crippen LogP contribution in [0, 0.1) is 0 Å².